The summed E-state index contributed by atoms with van der Waals surface area (Å²) in [6.45, 7) is 6.62. The number of aromatic amines is 2. The SMILES string of the molecule is Cc1cc(=O)c(-c2nc(N3CCN[C@H](C)C3)n[nH]2)c[nH]1. The fourth-order valence-corrected chi connectivity index (χ4v) is 2.39. The van der Waals surface area contributed by atoms with Gasteiger partial charge < -0.3 is 15.2 Å². The molecule has 0 amide bonds. The highest BCUT2D eigenvalue weighted by Gasteiger charge is 2.20. The Balaban J connectivity index is 1.88. The van der Waals surface area contributed by atoms with Gasteiger partial charge in [-0.15, -0.1) is 5.10 Å². The van der Waals surface area contributed by atoms with Crippen molar-refractivity contribution in [3.8, 4) is 11.4 Å². The zero-order chi connectivity index (χ0) is 14.1. The first-order valence-corrected chi connectivity index (χ1v) is 6.74. The van der Waals surface area contributed by atoms with Crippen LogP contribution in [0.1, 0.15) is 12.6 Å². The largest absolute Gasteiger partial charge is 0.364 e. The molecule has 0 bridgehead atoms. The number of piperazine rings is 1. The molecule has 0 aromatic carbocycles. The number of anilines is 1. The summed E-state index contributed by atoms with van der Waals surface area (Å²) >= 11 is 0. The van der Waals surface area contributed by atoms with E-state index in [0.29, 0.717) is 23.4 Å². The highest BCUT2D eigenvalue weighted by Crippen LogP contribution is 2.15. The molecule has 1 atom stereocenters. The van der Waals surface area contributed by atoms with Crippen LogP contribution in [0.5, 0.6) is 0 Å². The Bertz CT molecular complexity index is 661. The molecule has 7 heteroatoms. The van der Waals surface area contributed by atoms with Gasteiger partial charge in [0.25, 0.3) is 0 Å². The Morgan fingerprint density at radius 3 is 3.05 bits per heavy atom. The number of aromatic nitrogens is 4. The van der Waals surface area contributed by atoms with Gasteiger partial charge >= 0.3 is 0 Å². The van der Waals surface area contributed by atoms with Crippen molar-refractivity contribution in [2.45, 2.75) is 19.9 Å². The second-order valence-electron chi connectivity index (χ2n) is 5.18. The van der Waals surface area contributed by atoms with E-state index in [2.05, 4.69) is 37.3 Å². The molecule has 3 heterocycles. The van der Waals surface area contributed by atoms with Crippen molar-refractivity contribution in [2.24, 2.45) is 0 Å². The lowest BCUT2D eigenvalue weighted by Crippen LogP contribution is -2.49. The van der Waals surface area contributed by atoms with Crippen LogP contribution in [0.2, 0.25) is 0 Å². The molecule has 1 fully saturated rings. The highest BCUT2D eigenvalue weighted by atomic mass is 16.1. The minimum absolute atomic E-state index is 0.0578. The fraction of sp³-hybridized carbons (Fsp3) is 0.462. The Kier molecular flexibility index (Phi) is 3.27. The normalized spacial score (nSPS) is 19.3. The third-order valence-corrected chi connectivity index (χ3v) is 3.44. The first kappa shape index (κ1) is 12.9. The Hall–Kier alpha value is -2.15. The Morgan fingerprint density at radius 1 is 1.45 bits per heavy atom. The molecule has 2 aromatic rings. The Morgan fingerprint density at radius 2 is 2.30 bits per heavy atom. The number of H-pyrrole nitrogens is 2. The van der Waals surface area contributed by atoms with E-state index in [0.717, 1.165) is 25.3 Å². The molecule has 0 saturated carbocycles. The Labute approximate surface area is 116 Å². The van der Waals surface area contributed by atoms with Crippen molar-refractivity contribution >= 4 is 5.95 Å². The van der Waals surface area contributed by atoms with Gasteiger partial charge in [0.15, 0.2) is 11.3 Å². The van der Waals surface area contributed by atoms with E-state index in [-0.39, 0.29) is 5.43 Å². The lowest BCUT2D eigenvalue weighted by Gasteiger charge is -2.30. The van der Waals surface area contributed by atoms with Crippen LogP contribution in [0.4, 0.5) is 5.95 Å². The molecule has 20 heavy (non-hydrogen) atoms. The van der Waals surface area contributed by atoms with E-state index in [1.165, 1.54) is 0 Å². The second-order valence-corrected chi connectivity index (χ2v) is 5.18. The molecule has 0 unspecified atom stereocenters. The molecule has 1 aliphatic heterocycles. The van der Waals surface area contributed by atoms with Crippen molar-refractivity contribution in [2.75, 3.05) is 24.5 Å². The zero-order valence-corrected chi connectivity index (χ0v) is 11.6. The van der Waals surface area contributed by atoms with Crippen molar-refractivity contribution < 1.29 is 0 Å². The summed E-state index contributed by atoms with van der Waals surface area (Å²) < 4.78 is 0. The quantitative estimate of drug-likeness (QED) is 0.731. The molecular formula is C13H18N6O. The number of hydrogen-bond donors (Lipinski definition) is 3. The standard InChI is InChI=1S/C13H18N6O/c1-8-5-11(20)10(6-15-8)12-16-13(18-17-12)19-4-3-14-9(2)7-19/h5-6,9,14H,3-4,7H2,1-2H3,(H,15,20)(H,16,17,18)/t9-/m1/s1. The van der Waals surface area contributed by atoms with Crippen LogP contribution >= 0.6 is 0 Å². The van der Waals surface area contributed by atoms with Gasteiger partial charge in [0, 0.05) is 43.6 Å². The van der Waals surface area contributed by atoms with Gasteiger partial charge in [0.2, 0.25) is 5.95 Å². The van der Waals surface area contributed by atoms with Crippen LogP contribution in [0, 0.1) is 6.92 Å². The molecule has 1 aliphatic rings. The minimum atomic E-state index is -0.0578. The van der Waals surface area contributed by atoms with Gasteiger partial charge in [0.1, 0.15) is 0 Å². The van der Waals surface area contributed by atoms with Crippen molar-refractivity contribution in [3.05, 3.63) is 28.2 Å². The molecule has 0 radical (unpaired) electrons. The van der Waals surface area contributed by atoms with E-state index in [9.17, 15) is 4.79 Å². The maximum Gasteiger partial charge on any atom is 0.245 e. The van der Waals surface area contributed by atoms with Gasteiger partial charge in [-0.05, 0) is 13.8 Å². The predicted molar refractivity (Wildman–Crippen MR) is 76.9 cm³/mol. The van der Waals surface area contributed by atoms with Gasteiger partial charge in [-0.3, -0.25) is 9.89 Å². The second kappa shape index (κ2) is 5.09. The molecule has 1 saturated heterocycles. The van der Waals surface area contributed by atoms with E-state index >= 15 is 0 Å². The highest BCUT2D eigenvalue weighted by molar-refractivity contribution is 5.55. The van der Waals surface area contributed by atoms with Crippen LogP contribution in [0.3, 0.4) is 0 Å². The van der Waals surface area contributed by atoms with Gasteiger partial charge in [-0.2, -0.15) is 4.98 Å². The van der Waals surface area contributed by atoms with Gasteiger partial charge in [0.05, 0.1) is 5.56 Å². The summed E-state index contributed by atoms with van der Waals surface area (Å²) in [6.07, 6.45) is 1.67. The average molecular weight is 274 g/mol. The first-order valence-electron chi connectivity index (χ1n) is 6.74. The monoisotopic (exact) mass is 274 g/mol. The number of pyridine rings is 1. The van der Waals surface area contributed by atoms with Crippen LogP contribution in [-0.4, -0.2) is 45.8 Å². The van der Waals surface area contributed by atoms with Crippen LogP contribution < -0.4 is 15.6 Å². The third-order valence-electron chi connectivity index (χ3n) is 3.44. The van der Waals surface area contributed by atoms with Crippen molar-refractivity contribution in [3.63, 3.8) is 0 Å². The average Bonchev–Trinajstić information content (AvgIpc) is 2.88. The molecular weight excluding hydrogens is 256 g/mol. The topological polar surface area (TPSA) is 89.7 Å². The molecule has 7 nitrogen and oxygen atoms in total. The van der Waals surface area contributed by atoms with Crippen LogP contribution in [-0.2, 0) is 0 Å². The lowest BCUT2D eigenvalue weighted by molar-refractivity contribution is 0.480. The lowest BCUT2D eigenvalue weighted by atomic mass is 10.2. The summed E-state index contributed by atoms with van der Waals surface area (Å²) in [4.78, 5) is 21.5. The molecule has 3 N–H and O–H groups in total. The number of hydrogen-bond acceptors (Lipinski definition) is 5. The van der Waals surface area contributed by atoms with E-state index < -0.39 is 0 Å². The summed E-state index contributed by atoms with van der Waals surface area (Å²) in [5.41, 5.74) is 1.28. The van der Waals surface area contributed by atoms with Crippen molar-refractivity contribution in [1.82, 2.24) is 25.5 Å². The third kappa shape index (κ3) is 2.44. The molecule has 106 valence electrons. The minimum Gasteiger partial charge on any atom is -0.364 e. The van der Waals surface area contributed by atoms with E-state index in [1.807, 2.05) is 6.92 Å². The smallest absolute Gasteiger partial charge is 0.245 e. The number of rotatable bonds is 2. The predicted octanol–water partition coefficient (Wildman–Crippen LogP) is 0.267. The zero-order valence-electron chi connectivity index (χ0n) is 11.6. The van der Waals surface area contributed by atoms with Gasteiger partial charge in [-0.1, -0.05) is 0 Å². The number of nitrogens with zero attached hydrogens (tertiary/aromatic N) is 3. The van der Waals surface area contributed by atoms with Crippen LogP contribution in [0.25, 0.3) is 11.4 Å². The molecule has 0 aliphatic carbocycles. The van der Waals surface area contributed by atoms with Crippen molar-refractivity contribution in [1.29, 1.82) is 0 Å². The molecule has 2 aromatic heterocycles. The first-order chi connectivity index (χ1) is 9.63. The summed E-state index contributed by atoms with van der Waals surface area (Å²) in [7, 11) is 0. The van der Waals surface area contributed by atoms with E-state index in [1.54, 1.807) is 12.3 Å². The summed E-state index contributed by atoms with van der Waals surface area (Å²) in [5.74, 6) is 1.15. The molecule has 0 spiro atoms. The van der Waals surface area contributed by atoms with E-state index in [4.69, 9.17) is 0 Å². The summed E-state index contributed by atoms with van der Waals surface area (Å²) in [5, 5.41) is 10.4. The van der Waals surface area contributed by atoms with Crippen LogP contribution in [0.15, 0.2) is 17.1 Å². The van der Waals surface area contributed by atoms with Gasteiger partial charge in [-0.25, -0.2) is 0 Å². The maximum atomic E-state index is 11.9. The molecule has 3 rings (SSSR count). The number of aryl methyl sites for hydroxylation is 1. The maximum absolute atomic E-state index is 11.9. The number of nitrogens with one attached hydrogen (secondary N) is 3. The summed E-state index contributed by atoms with van der Waals surface area (Å²) in [6, 6.07) is 1.97. The fourth-order valence-electron chi connectivity index (χ4n) is 2.39.